The SMILES string of the molecule is COC1(OC)C=CC2=C(C1)c1cc(=Nc3c(C)cc(C)cc3C)n(C(C)=O)c(=O)n1CC2. The first-order chi connectivity index (χ1) is 15.2. The highest BCUT2D eigenvalue weighted by Crippen LogP contribution is 2.39. The van der Waals surface area contributed by atoms with Gasteiger partial charge in [-0.2, -0.15) is 0 Å². The topological polar surface area (TPSA) is 74.8 Å². The monoisotopic (exact) mass is 435 g/mol. The molecule has 7 nitrogen and oxygen atoms in total. The van der Waals surface area contributed by atoms with Crippen molar-refractivity contribution in [1.82, 2.24) is 9.13 Å². The molecule has 0 atom stereocenters. The predicted molar refractivity (Wildman–Crippen MR) is 123 cm³/mol. The Bertz CT molecular complexity index is 1280. The maximum atomic E-state index is 13.4. The number of nitrogens with zero attached hydrogens (tertiary/aromatic N) is 3. The molecule has 0 unspecified atom stereocenters. The molecule has 0 N–H and O–H groups in total. The average molecular weight is 436 g/mol. The Balaban J connectivity index is 2.01. The van der Waals surface area contributed by atoms with Crippen LogP contribution >= 0.6 is 0 Å². The molecule has 0 radical (unpaired) electrons. The lowest BCUT2D eigenvalue weighted by Gasteiger charge is -2.35. The lowest BCUT2D eigenvalue weighted by atomic mass is 9.87. The number of hydrogen-bond donors (Lipinski definition) is 0. The number of hydrogen-bond acceptors (Lipinski definition) is 5. The quantitative estimate of drug-likeness (QED) is 0.691. The van der Waals surface area contributed by atoms with Gasteiger partial charge >= 0.3 is 5.69 Å². The van der Waals surface area contributed by atoms with Crippen molar-refractivity contribution < 1.29 is 14.3 Å². The second-order valence-electron chi connectivity index (χ2n) is 8.52. The molecule has 1 aliphatic heterocycles. The van der Waals surface area contributed by atoms with Crippen molar-refractivity contribution in [3.05, 3.63) is 74.3 Å². The van der Waals surface area contributed by atoms with E-state index in [2.05, 4.69) is 0 Å². The molecule has 2 aliphatic rings. The largest absolute Gasteiger partial charge is 0.349 e. The molecular weight excluding hydrogens is 406 g/mol. The van der Waals surface area contributed by atoms with Crippen LogP contribution in [0, 0.1) is 20.8 Å². The molecule has 32 heavy (non-hydrogen) atoms. The summed E-state index contributed by atoms with van der Waals surface area (Å²) in [6.45, 7) is 7.90. The van der Waals surface area contributed by atoms with Crippen molar-refractivity contribution in [1.29, 1.82) is 0 Å². The first-order valence-corrected chi connectivity index (χ1v) is 10.7. The predicted octanol–water partition coefficient (Wildman–Crippen LogP) is 3.57. The third-order valence-electron chi connectivity index (χ3n) is 6.34. The zero-order valence-corrected chi connectivity index (χ0v) is 19.5. The van der Waals surface area contributed by atoms with Gasteiger partial charge in [-0.1, -0.05) is 23.8 Å². The van der Waals surface area contributed by atoms with Crippen LogP contribution in [0.2, 0.25) is 0 Å². The molecule has 168 valence electrons. The summed E-state index contributed by atoms with van der Waals surface area (Å²) in [4.78, 5) is 30.7. The van der Waals surface area contributed by atoms with Crippen molar-refractivity contribution in [2.24, 2.45) is 4.99 Å². The van der Waals surface area contributed by atoms with Gasteiger partial charge in [0.15, 0.2) is 5.79 Å². The first kappa shape index (κ1) is 22.2. The molecule has 0 saturated carbocycles. The Morgan fingerprint density at radius 2 is 1.75 bits per heavy atom. The summed E-state index contributed by atoms with van der Waals surface area (Å²) in [5.41, 5.74) is 6.72. The van der Waals surface area contributed by atoms with Crippen LogP contribution < -0.4 is 11.2 Å². The highest BCUT2D eigenvalue weighted by atomic mass is 16.7. The van der Waals surface area contributed by atoms with Crippen molar-refractivity contribution in [3.8, 4) is 0 Å². The fraction of sp³-hybridized carbons (Fsp3) is 0.400. The summed E-state index contributed by atoms with van der Waals surface area (Å²) in [5.74, 6) is -1.25. The Labute approximate surface area is 187 Å². The molecule has 4 rings (SSSR count). The Morgan fingerprint density at radius 1 is 1.09 bits per heavy atom. The van der Waals surface area contributed by atoms with E-state index >= 15 is 0 Å². The molecule has 7 heteroatoms. The van der Waals surface area contributed by atoms with Crippen LogP contribution in [0.25, 0.3) is 5.57 Å². The van der Waals surface area contributed by atoms with E-state index in [1.54, 1.807) is 18.8 Å². The minimum absolute atomic E-state index is 0.326. The molecule has 0 bridgehead atoms. The first-order valence-electron chi connectivity index (χ1n) is 10.7. The summed E-state index contributed by atoms with van der Waals surface area (Å²) in [6, 6.07) is 5.94. The highest BCUT2D eigenvalue weighted by molar-refractivity contribution is 5.77. The molecule has 0 amide bonds. The lowest BCUT2D eigenvalue weighted by Crippen LogP contribution is -2.45. The van der Waals surface area contributed by atoms with Gasteiger partial charge in [-0.15, -0.1) is 0 Å². The number of fused-ring (bicyclic) bond motifs is 2. The van der Waals surface area contributed by atoms with Crippen LogP contribution in [0.3, 0.4) is 0 Å². The van der Waals surface area contributed by atoms with Gasteiger partial charge in [-0.25, -0.2) is 14.4 Å². The van der Waals surface area contributed by atoms with E-state index in [9.17, 15) is 9.59 Å². The molecule has 2 heterocycles. The summed E-state index contributed by atoms with van der Waals surface area (Å²) in [5, 5.41) is 0. The lowest BCUT2D eigenvalue weighted by molar-refractivity contribution is -0.166. The fourth-order valence-corrected chi connectivity index (χ4v) is 4.73. The maximum Gasteiger partial charge on any atom is 0.337 e. The number of methoxy groups -OCH3 is 2. The fourth-order valence-electron chi connectivity index (χ4n) is 4.73. The van der Waals surface area contributed by atoms with Crippen LogP contribution in [0.4, 0.5) is 5.69 Å². The summed E-state index contributed by atoms with van der Waals surface area (Å²) < 4.78 is 14.1. The van der Waals surface area contributed by atoms with Crippen molar-refractivity contribution in [2.45, 2.75) is 52.9 Å². The molecule has 2 aromatic rings. The Kier molecular flexibility index (Phi) is 5.65. The summed E-state index contributed by atoms with van der Waals surface area (Å²) >= 11 is 0. The van der Waals surface area contributed by atoms with E-state index in [1.165, 1.54) is 6.92 Å². The van der Waals surface area contributed by atoms with Crippen LogP contribution in [-0.2, 0) is 16.0 Å². The van der Waals surface area contributed by atoms with Crippen molar-refractivity contribution >= 4 is 17.2 Å². The van der Waals surface area contributed by atoms with E-state index in [0.29, 0.717) is 24.9 Å². The highest BCUT2D eigenvalue weighted by Gasteiger charge is 2.35. The minimum Gasteiger partial charge on any atom is -0.349 e. The van der Waals surface area contributed by atoms with Crippen LogP contribution in [0.5, 0.6) is 0 Å². The minimum atomic E-state index is -0.884. The van der Waals surface area contributed by atoms with Gasteiger partial charge < -0.3 is 9.47 Å². The zero-order chi connectivity index (χ0) is 23.2. The number of rotatable bonds is 3. The van der Waals surface area contributed by atoms with Gasteiger partial charge in [-0.05, 0) is 55.5 Å². The normalized spacial score (nSPS) is 17.4. The summed E-state index contributed by atoms with van der Waals surface area (Å²) in [6.07, 6.45) is 5.10. The van der Waals surface area contributed by atoms with E-state index < -0.39 is 5.79 Å². The van der Waals surface area contributed by atoms with E-state index in [1.807, 2.05) is 51.1 Å². The van der Waals surface area contributed by atoms with Crippen molar-refractivity contribution in [3.63, 3.8) is 0 Å². The number of carbonyl (C=O) groups is 1. The molecule has 0 saturated heterocycles. The van der Waals surface area contributed by atoms with Gasteiger partial charge in [0.25, 0.3) is 0 Å². The second-order valence-corrected chi connectivity index (χ2v) is 8.52. The smallest absolute Gasteiger partial charge is 0.337 e. The van der Waals surface area contributed by atoms with Gasteiger partial charge in [0.1, 0.15) is 5.49 Å². The van der Waals surface area contributed by atoms with E-state index in [4.69, 9.17) is 14.5 Å². The molecule has 0 fully saturated rings. The van der Waals surface area contributed by atoms with Gasteiger partial charge in [-0.3, -0.25) is 9.36 Å². The van der Waals surface area contributed by atoms with E-state index in [0.717, 1.165) is 43.8 Å². The van der Waals surface area contributed by atoms with Gasteiger partial charge in [0.2, 0.25) is 5.91 Å². The third-order valence-corrected chi connectivity index (χ3v) is 6.34. The average Bonchev–Trinajstić information content (AvgIpc) is 2.75. The third kappa shape index (κ3) is 3.61. The number of ether oxygens (including phenoxy) is 2. The number of carbonyl (C=O) groups excluding carboxylic acids is 1. The second kappa shape index (κ2) is 8.15. The van der Waals surface area contributed by atoms with Gasteiger partial charge in [0, 0.05) is 40.2 Å². The molecule has 1 aliphatic carbocycles. The number of aryl methyl sites for hydroxylation is 3. The molecular formula is C25H29N3O4. The Hall–Kier alpha value is -3.03. The van der Waals surface area contributed by atoms with E-state index in [-0.39, 0.29) is 11.6 Å². The van der Waals surface area contributed by atoms with Crippen LogP contribution in [-0.4, -0.2) is 35.0 Å². The standard InChI is InChI=1S/C25H29N3O4/c1-15-11-16(2)23(17(3)12-15)26-22-13-21-20-14-25(31-5,32-6)9-7-19(20)8-10-27(21)24(30)28(22)18(4)29/h7,9,11-13H,8,10,14H2,1-6H3. The van der Waals surface area contributed by atoms with Gasteiger partial charge in [0.05, 0.1) is 11.4 Å². The number of benzene rings is 1. The van der Waals surface area contributed by atoms with Crippen LogP contribution in [0.15, 0.2) is 45.7 Å². The van der Waals surface area contributed by atoms with Crippen molar-refractivity contribution in [2.75, 3.05) is 14.2 Å². The Morgan fingerprint density at radius 3 is 2.34 bits per heavy atom. The molecule has 1 aromatic carbocycles. The molecule has 1 aromatic heterocycles. The zero-order valence-electron chi connectivity index (χ0n) is 19.5. The maximum absolute atomic E-state index is 13.4. The number of allylic oxidation sites excluding steroid dienone is 2. The van der Waals surface area contributed by atoms with Crippen LogP contribution in [0.1, 0.15) is 46.9 Å². The molecule has 0 spiro atoms. The number of aromatic nitrogens is 2. The summed E-state index contributed by atoms with van der Waals surface area (Å²) in [7, 11) is 3.21.